The van der Waals surface area contributed by atoms with E-state index in [-0.39, 0.29) is 0 Å². The predicted octanol–water partition coefficient (Wildman–Crippen LogP) is 1.58. The van der Waals surface area contributed by atoms with Gasteiger partial charge in [-0.15, -0.1) is 0 Å². The molecule has 0 amide bonds. The van der Waals surface area contributed by atoms with Gasteiger partial charge in [0.1, 0.15) is 6.29 Å². The lowest BCUT2D eigenvalue weighted by atomic mass is 9.87. The Morgan fingerprint density at radius 3 is 2.44 bits per heavy atom. The molecule has 0 aliphatic carbocycles. The Kier molecular flexibility index (Phi) is 3.36. The standard InChI is InChI=1S/C13H16O3/c14-10-12-3-1-11(2-4-12)9-13(15)5-7-16-8-6-13/h1-4,10,15H,5-9H2. The van der Waals surface area contributed by atoms with Crippen molar-refractivity contribution in [2.24, 2.45) is 0 Å². The van der Waals surface area contributed by atoms with Crippen molar-refractivity contribution in [3.63, 3.8) is 0 Å². The highest BCUT2D eigenvalue weighted by molar-refractivity contribution is 5.74. The van der Waals surface area contributed by atoms with Gasteiger partial charge in [-0.1, -0.05) is 24.3 Å². The molecule has 0 atom stereocenters. The summed E-state index contributed by atoms with van der Waals surface area (Å²) in [5, 5.41) is 10.3. The topological polar surface area (TPSA) is 46.5 Å². The van der Waals surface area contributed by atoms with Crippen molar-refractivity contribution < 1.29 is 14.6 Å². The van der Waals surface area contributed by atoms with Crippen molar-refractivity contribution in [1.29, 1.82) is 0 Å². The molecular formula is C13H16O3. The van der Waals surface area contributed by atoms with E-state index >= 15 is 0 Å². The Morgan fingerprint density at radius 2 is 1.88 bits per heavy atom. The van der Waals surface area contributed by atoms with Crippen LogP contribution in [0.5, 0.6) is 0 Å². The number of hydrogen-bond donors (Lipinski definition) is 1. The maximum absolute atomic E-state index is 10.5. The van der Waals surface area contributed by atoms with Gasteiger partial charge >= 0.3 is 0 Å². The van der Waals surface area contributed by atoms with E-state index in [4.69, 9.17) is 4.74 Å². The Balaban J connectivity index is 2.04. The lowest BCUT2D eigenvalue weighted by molar-refractivity contribution is -0.0625. The van der Waals surface area contributed by atoms with Crippen LogP contribution in [0.25, 0.3) is 0 Å². The van der Waals surface area contributed by atoms with E-state index in [0.29, 0.717) is 38.0 Å². The van der Waals surface area contributed by atoms with Gasteiger partial charge in [-0.3, -0.25) is 4.79 Å². The van der Waals surface area contributed by atoms with Gasteiger partial charge in [0.25, 0.3) is 0 Å². The van der Waals surface area contributed by atoms with E-state index in [0.717, 1.165) is 11.8 Å². The number of carbonyl (C=O) groups is 1. The lowest BCUT2D eigenvalue weighted by Gasteiger charge is -2.32. The Hall–Kier alpha value is -1.19. The minimum Gasteiger partial charge on any atom is -0.389 e. The first kappa shape index (κ1) is 11.3. The van der Waals surface area contributed by atoms with E-state index in [1.54, 1.807) is 12.1 Å². The number of rotatable bonds is 3. The Labute approximate surface area is 95.0 Å². The number of aliphatic hydroxyl groups is 1. The molecule has 3 heteroatoms. The van der Waals surface area contributed by atoms with Gasteiger partial charge in [-0.25, -0.2) is 0 Å². The summed E-state index contributed by atoms with van der Waals surface area (Å²) in [5.41, 5.74) is 1.10. The molecule has 1 heterocycles. The first-order valence-corrected chi connectivity index (χ1v) is 5.56. The number of ether oxygens (including phenoxy) is 1. The third-order valence-corrected chi connectivity index (χ3v) is 3.07. The molecule has 16 heavy (non-hydrogen) atoms. The van der Waals surface area contributed by atoms with Crippen molar-refractivity contribution >= 4 is 6.29 Å². The molecule has 1 aromatic rings. The minimum absolute atomic E-state index is 0.628. The molecule has 2 rings (SSSR count). The molecule has 0 unspecified atom stereocenters. The highest BCUT2D eigenvalue weighted by Gasteiger charge is 2.29. The summed E-state index contributed by atoms with van der Waals surface area (Å²) in [6, 6.07) is 7.37. The van der Waals surface area contributed by atoms with Crippen LogP contribution in [0.1, 0.15) is 28.8 Å². The molecule has 0 spiro atoms. The summed E-state index contributed by atoms with van der Waals surface area (Å²) in [5.74, 6) is 0. The van der Waals surface area contributed by atoms with Crippen LogP contribution in [-0.4, -0.2) is 30.2 Å². The summed E-state index contributed by atoms with van der Waals surface area (Å²) in [7, 11) is 0. The van der Waals surface area contributed by atoms with Crippen LogP contribution in [0.3, 0.4) is 0 Å². The normalized spacial score (nSPS) is 19.3. The molecule has 1 aromatic carbocycles. The molecule has 86 valence electrons. The van der Waals surface area contributed by atoms with E-state index in [2.05, 4.69) is 0 Å². The average Bonchev–Trinajstić information content (AvgIpc) is 2.30. The molecule has 1 fully saturated rings. The largest absolute Gasteiger partial charge is 0.389 e. The van der Waals surface area contributed by atoms with Crippen LogP contribution in [0, 0.1) is 0 Å². The molecular weight excluding hydrogens is 204 g/mol. The zero-order valence-corrected chi connectivity index (χ0v) is 9.19. The molecule has 0 bridgehead atoms. The van der Waals surface area contributed by atoms with Gasteiger partial charge in [0.15, 0.2) is 0 Å². The van der Waals surface area contributed by atoms with E-state index in [1.807, 2.05) is 12.1 Å². The van der Waals surface area contributed by atoms with Gasteiger partial charge in [-0.2, -0.15) is 0 Å². The van der Waals surface area contributed by atoms with Crippen molar-refractivity contribution in [3.05, 3.63) is 35.4 Å². The quantitative estimate of drug-likeness (QED) is 0.787. The van der Waals surface area contributed by atoms with Crippen molar-refractivity contribution in [1.82, 2.24) is 0 Å². The highest BCUT2D eigenvalue weighted by atomic mass is 16.5. The van der Waals surface area contributed by atoms with Crippen LogP contribution < -0.4 is 0 Å². The maximum Gasteiger partial charge on any atom is 0.150 e. The predicted molar refractivity (Wildman–Crippen MR) is 60.5 cm³/mol. The molecule has 1 aliphatic heterocycles. The number of benzene rings is 1. The zero-order valence-electron chi connectivity index (χ0n) is 9.19. The average molecular weight is 220 g/mol. The fraction of sp³-hybridized carbons (Fsp3) is 0.462. The van der Waals surface area contributed by atoms with Crippen LogP contribution in [0.4, 0.5) is 0 Å². The smallest absolute Gasteiger partial charge is 0.150 e. The van der Waals surface area contributed by atoms with Gasteiger partial charge in [0.2, 0.25) is 0 Å². The van der Waals surface area contributed by atoms with Crippen LogP contribution >= 0.6 is 0 Å². The third-order valence-electron chi connectivity index (χ3n) is 3.07. The fourth-order valence-corrected chi connectivity index (χ4v) is 2.02. The van der Waals surface area contributed by atoms with E-state index in [1.165, 1.54) is 0 Å². The molecule has 0 aromatic heterocycles. The monoisotopic (exact) mass is 220 g/mol. The Bertz CT molecular complexity index is 350. The molecule has 0 radical (unpaired) electrons. The van der Waals surface area contributed by atoms with Gasteiger partial charge < -0.3 is 9.84 Å². The summed E-state index contributed by atoms with van der Waals surface area (Å²) >= 11 is 0. The van der Waals surface area contributed by atoms with Gasteiger partial charge in [0.05, 0.1) is 5.60 Å². The number of carbonyl (C=O) groups excluding carboxylic acids is 1. The summed E-state index contributed by atoms with van der Waals surface area (Å²) < 4.78 is 5.23. The first-order valence-electron chi connectivity index (χ1n) is 5.56. The van der Waals surface area contributed by atoms with Crippen molar-refractivity contribution in [3.8, 4) is 0 Å². The van der Waals surface area contributed by atoms with Crippen LogP contribution in [0.15, 0.2) is 24.3 Å². The van der Waals surface area contributed by atoms with Crippen LogP contribution in [-0.2, 0) is 11.2 Å². The SMILES string of the molecule is O=Cc1ccc(CC2(O)CCOCC2)cc1. The van der Waals surface area contributed by atoms with Crippen molar-refractivity contribution in [2.75, 3.05) is 13.2 Å². The number of hydrogen-bond acceptors (Lipinski definition) is 3. The zero-order chi connectivity index (χ0) is 11.4. The molecule has 1 saturated heterocycles. The summed E-state index contributed by atoms with van der Waals surface area (Å²) in [4.78, 5) is 10.5. The lowest BCUT2D eigenvalue weighted by Crippen LogP contribution is -2.38. The van der Waals surface area contributed by atoms with E-state index < -0.39 is 5.60 Å². The van der Waals surface area contributed by atoms with Crippen molar-refractivity contribution in [2.45, 2.75) is 24.9 Å². The second-order valence-corrected chi connectivity index (χ2v) is 4.37. The Morgan fingerprint density at radius 1 is 1.25 bits per heavy atom. The second kappa shape index (κ2) is 4.76. The van der Waals surface area contributed by atoms with Gasteiger partial charge in [0, 0.05) is 25.2 Å². The molecule has 0 saturated carbocycles. The third kappa shape index (κ3) is 2.68. The minimum atomic E-state index is -0.638. The molecule has 1 N–H and O–H groups in total. The second-order valence-electron chi connectivity index (χ2n) is 4.37. The van der Waals surface area contributed by atoms with Crippen LogP contribution in [0.2, 0.25) is 0 Å². The highest BCUT2D eigenvalue weighted by Crippen LogP contribution is 2.25. The van der Waals surface area contributed by atoms with Gasteiger partial charge in [-0.05, 0) is 18.4 Å². The van der Waals surface area contributed by atoms with E-state index in [9.17, 15) is 9.90 Å². The maximum atomic E-state index is 10.5. The molecule has 3 nitrogen and oxygen atoms in total. The fourth-order valence-electron chi connectivity index (χ4n) is 2.02. The summed E-state index contributed by atoms with van der Waals surface area (Å²) in [6.45, 7) is 1.26. The summed E-state index contributed by atoms with van der Waals surface area (Å²) in [6.07, 6.45) is 2.83. The molecule has 1 aliphatic rings. The first-order chi connectivity index (χ1) is 7.72. The number of aldehydes is 1.